The van der Waals surface area contributed by atoms with Crippen LogP contribution in [-0.2, 0) is 28.6 Å². The number of hydrogen-bond donors (Lipinski definition) is 2. The normalized spacial score (nSPS) is 28.8. The van der Waals surface area contributed by atoms with E-state index in [1.165, 1.54) is 17.9 Å². The molecule has 4 rings (SSSR count). The van der Waals surface area contributed by atoms with Gasteiger partial charge in [-0.1, -0.05) is 12.1 Å². The summed E-state index contributed by atoms with van der Waals surface area (Å²) in [5.41, 5.74) is 2.97. The number of carbonyl (C=O) groups excluding carboxylic acids is 1. The van der Waals surface area contributed by atoms with Gasteiger partial charge in [0.2, 0.25) is 5.91 Å². The number of piperidine rings is 1. The number of benzene rings is 1. The summed E-state index contributed by atoms with van der Waals surface area (Å²) >= 11 is 0. The van der Waals surface area contributed by atoms with Crippen LogP contribution in [0.5, 0.6) is 0 Å². The van der Waals surface area contributed by atoms with Crippen molar-refractivity contribution in [3.05, 3.63) is 35.5 Å². The summed E-state index contributed by atoms with van der Waals surface area (Å²) in [7, 11) is 5.79. The monoisotopic (exact) mass is 403 g/mol. The third kappa shape index (κ3) is 3.07. The van der Waals surface area contributed by atoms with Crippen molar-refractivity contribution in [1.82, 2.24) is 14.8 Å². The van der Waals surface area contributed by atoms with Gasteiger partial charge in [-0.05, 0) is 44.0 Å². The summed E-state index contributed by atoms with van der Waals surface area (Å²) in [5.74, 6) is -0.592. The van der Waals surface area contributed by atoms with Crippen molar-refractivity contribution >= 4 is 16.8 Å². The topological polar surface area (TPSA) is 66.7 Å². The van der Waals surface area contributed by atoms with Crippen molar-refractivity contribution in [2.75, 3.05) is 27.3 Å². The highest BCUT2D eigenvalue weighted by Gasteiger charge is 2.53. The quantitative estimate of drug-likeness (QED) is 0.798. The van der Waals surface area contributed by atoms with E-state index in [0.717, 1.165) is 17.5 Å². The Morgan fingerprint density at radius 2 is 2.21 bits per heavy atom. The van der Waals surface area contributed by atoms with Gasteiger partial charge in [0, 0.05) is 43.8 Å². The lowest BCUT2D eigenvalue weighted by atomic mass is 9.68. The number of halogens is 1. The van der Waals surface area contributed by atoms with Gasteiger partial charge in [0.05, 0.1) is 18.6 Å². The number of likely N-dealkylation sites (N-methyl/N-ethyl adjacent to an activating group) is 1. The number of hydrogen-bond acceptors (Lipinski definition) is 4. The maximum Gasteiger partial charge on any atom is 0.224 e. The molecule has 2 aromatic rings. The first kappa shape index (κ1) is 20.3. The second-order valence-corrected chi connectivity index (χ2v) is 8.59. The number of aryl methyl sites for hydroxylation is 1. The first-order valence-corrected chi connectivity index (χ1v) is 10.2. The van der Waals surface area contributed by atoms with Crippen molar-refractivity contribution in [3.63, 3.8) is 0 Å². The van der Waals surface area contributed by atoms with Crippen LogP contribution in [0.3, 0.4) is 0 Å². The number of aromatic nitrogens is 1. The lowest BCUT2D eigenvalue weighted by Gasteiger charge is -2.52. The Bertz CT molecular complexity index is 927. The molecule has 1 fully saturated rings. The van der Waals surface area contributed by atoms with Gasteiger partial charge in [-0.25, -0.2) is 4.39 Å². The molecule has 1 aliphatic carbocycles. The van der Waals surface area contributed by atoms with Crippen LogP contribution in [0, 0.1) is 5.92 Å². The molecular weight excluding hydrogens is 373 g/mol. The predicted octanol–water partition coefficient (Wildman–Crippen LogP) is 1.73. The fourth-order valence-corrected chi connectivity index (χ4v) is 5.37. The molecule has 1 aromatic heterocycles. The Kier molecular flexibility index (Phi) is 5.17. The fraction of sp³-hybridized carbons (Fsp3) is 0.591. The summed E-state index contributed by atoms with van der Waals surface area (Å²) in [6.45, 7) is 1.49. The zero-order chi connectivity index (χ0) is 20.9. The Labute approximate surface area is 170 Å². The van der Waals surface area contributed by atoms with E-state index in [1.807, 2.05) is 13.1 Å². The molecule has 0 saturated carbocycles. The molecule has 5 unspecified atom stereocenters. The smallest absolute Gasteiger partial charge is 0.224 e. The summed E-state index contributed by atoms with van der Waals surface area (Å²) in [6, 6.07) is 5.48. The van der Waals surface area contributed by atoms with Gasteiger partial charge in [0.25, 0.3) is 0 Å². The maximum atomic E-state index is 13.7. The van der Waals surface area contributed by atoms with Crippen LogP contribution in [0.15, 0.2) is 24.4 Å². The molecular formula is C22H30FN3O3. The molecule has 0 radical (unpaired) electrons. The molecule has 0 bridgehead atoms. The Hall–Kier alpha value is -1.96. The Morgan fingerprint density at radius 1 is 1.45 bits per heavy atom. The number of likely N-dealkylation sites (tertiary alicyclic amines) is 1. The van der Waals surface area contributed by atoms with Crippen LogP contribution in [0.2, 0.25) is 0 Å². The molecule has 2 heterocycles. The summed E-state index contributed by atoms with van der Waals surface area (Å²) in [5, 5.41) is 13.3. The van der Waals surface area contributed by atoms with E-state index in [1.54, 1.807) is 7.11 Å². The second-order valence-electron chi connectivity index (χ2n) is 8.59. The number of methoxy groups -OCH3 is 1. The van der Waals surface area contributed by atoms with Crippen LogP contribution in [0.25, 0.3) is 10.9 Å². The standard InChI is InChI=1S/C22H30FN3O3/c1-13(23)17(12-27)24-21(28)15-9-22(29-4)16-6-5-7-18-20(16)14(10-25(18)2)8-19(22)26(3)11-15/h5-7,10,13,15,17,19,27H,8-9,11-12H2,1-4H3,(H,24,28). The number of alkyl halides is 1. The largest absolute Gasteiger partial charge is 0.394 e. The molecule has 158 valence electrons. The summed E-state index contributed by atoms with van der Waals surface area (Å²) < 4.78 is 22.0. The molecule has 1 aliphatic heterocycles. The van der Waals surface area contributed by atoms with Gasteiger partial charge in [0.1, 0.15) is 11.8 Å². The number of fused-ring (bicyclic) bond motifs is 2. The number of rotatable bonds is 5. The van der Waals surface area contributed by atoms with E-state index in [0.29, 0.717) is 13.0 Å². The van der Waals surface area contributed by atoms with Gasteiger partial charge < -0.3 is 19.7 Å². The highest BCUT2D eigenvalue weighted by Crippen LogP contribution is 2.49. The molecule has 5 atom stereocenters. The third-order valence-corrected chi connectivity index (χ3v) is 6.90. The molecule has 0 spiro atoms. The molecule has 1 aromatic carbocycles. The predicted molar refractivity (Wildman–Crippen MR) is 109 cm³/mol. The summed E-state index contributed by atoms with van der Waals surface area (Å²) in [4.78, 5) is 15.2. The number of ether oxygens (including phenoxy) is 1. The van der Waals surface area contributed by atoms with Crippen LogP contribution >= 0.6 is 0 Å². The highest BCUT2D eigenvalue weighted by atomic mass is 19.1. The van der Waals surface area contributed by atoms with Crippen LogP contribution in [0.4, 0.5) is 4.39 Å². The van der Waals surface area contributed by atoms with Crippen LogP contribution in [-0.4, -0.2) is 66.0 Å². The zero-order valence-electron chi connectivity index (χ0n) is 17.5. The lowest BCUT2D eigenvalue weighted by molar-refractivity contribution is -0.148. The van der Waals surface area contributed by atoms with E-state index in [4.69, 9.17) is 4.74 Å². The second kappa shape index (κ2) is 7.38. The SMILES string of the molecule is COC12CC(C(=O)NC(CO)C(C)F)CN(C)C1Cc1cn(C)c3cccc2c13. The average Bonchev–Trinajstić information content (AvgIpc) is 3.03. The van der Waals surface area contributed by atoms with Crippen molar-refractivity contribution in [2.24, 2.45) is 13.0 Å². The molecule has 7 heteroatoms. The van der Waals surface area contributed by atoms with Gasteiger partial charge in [-0.3, -0.25) is 9.69 Å². The first-order valence-electron chi connectivity index (χ1n) is 10.2. The Balaban J connectivity index is 1.73. The third-order valence-electron chi connectivity index (χ3n) is 6.90. The first-order chi connectivity index (χ1) is 13.8. The molecule has 6 nitrogen and oxygen atoms in total. The molecule has 29 heavy (non-hydrogen) atoms. The minimum absolute atomic E-state index is 0.116. The number of aliphatic hydroxyl groups is 1. The molecule has 1 saturated heterocycles. The number of carbonyl (C=O) groups is 1. The van der Waals surface area contributed by atoms with Crippen molar-refractivity contribution in [1.29, 1.82) is 0 Å². The van der Waals surface area contributed by atoms with Crippen molar-refractivity contribution in [2.45, 2.75) is 43.6 Å². The van der Waals surface area contributed by atoms with E-state index >= 15 is 0 Å². The Morgan fingerprint density at radius 3 is 2.86 bits per heavy atom. The summed E-state index contributed by atoms with van der Waals surface area (Å²) in [6.07, 6.45) is 2.25. The average molecular weight is 403 g/mol. The number of amides is 1. The van der Waals surface area contributed by atoms with Gasteiger partial charge >= 0.3 is 0 Å². The molecule has 2 aliphatic rings. The maximum absolute atomic E-state index is 13.7. The minimum atomic E-state index is -1.32. The number of aliphatic hydroxyl groups excluding tert-OH is 1. The van der Waals surface area contributed by atoms with Crippen LogP contribution < -0.4 is 5.32 Å². The minimum Gasteiger partial charge on any atom is -0.394 e. The number of nitrogens with zero attached hydrogens (tertiary/aromatic N) is 2. The van der Waals surface area contributed by atoms with E-state index in [9.17, 15) is 14.3 Å². The zero-order valence-corrected chi connectivity index (χ0v) is 17.5. The van der Waals surface area contributed by atoms with Gasteiger partial charge in [-0.2, -0.15) is 0 Å². The van der Waals surface area contributed by atoms with Crippen molar-refractivity contribution in [3.8, 4) is 0 Å². The van der Waals surface area contributed by atoms with Crippen molar-refractivity contribution < 1.29 is 19.0 Å². The van der Waals surface area contributed by atoms with E-state index < -0.39 is 24.4 Å². The van der Waals surface area contributed by atoms with Gasteiger partial charge in [-0.15, -0.1) is 0 Å². The fourth-order valence-electron chi connectivity index (χ4n) is 5.37. The lowest BCUT2D eigenvalue weighted by Crippen LogP contribution is -2.62. The highest BCUT2D eigenvalue weighted by molar-refractivity contribution is 5.90. The van der Waals surface area contributed by atoms with E-state index in [2.05, 4.69) is 40.2 Å². The molecule has 1 amide bonds. The molecule has 2 N–H and O–H groups in total. The number of nitrogens with one attached hydrogen (secondary N) is 1. The van der Waals surface area contributed by atoms with Gasteiger partial charge in [0.15, 0.2) is 0 Å². The van der Waals surface area contributed by atoms with E-state index in [-0.39, 0.29) is 17.9 Å². The van der Waals surface area contributed by atoms with Crippen LogP contribution in [0.1, 0.15) is 24.5 Å².